The fourth-order valence-corrected chi connectivity index (χ4v) is 2.99. The number of hydrogen-bond donors (Lipinski definition) is 2. The Kier molecular flexibility index (Phi) is 5.76. The Morgan fingerprint density at radius 3 is 2.90 bits per heavy atom. The zero-order valence-corrected chi connectivity index (χ0v) is 13.6. The number of likely N-dealkylation sites (tertiary alicyclic amines) is 1. The Balaban J connectivity index is 1.81. The van der Waals surface area contributed by atoms with Crippen molar-refractivity contribution in [3.63, 3.8) is 0 Å². The number of halogens is 1. The van der Waals surface area contributed by atoms with Gasteiger partial charge in [0.05, 0.1) is 0 Å². The molecule has 0 spiro atoms. The van der Waals surface area contributed by atoms with Gasteiger partial charge in [-0.3, -0.25) is 14.5 Å². The molecule has 1 aliphatic heterocycles. The lowest BCUT2D eigenvalue weighted by molar-refractivity contribution is -0.136. The SMILES string of the molecule is CCN1CCC[C@H]1CNC(=O)C(=O)Nc1cccc(Br)c1. The minimum absolute atomic E-state index is 0.345. The van der Waals surface area contributed by atoms with Gasteiger partial charge < -0.3 is 10.6 Å². The summed E-state index contributed by atoms with van der Waals surface area (Å²) < 4.78 is 0.852. The van der Waals surface area contributed by atoms with Gasteiger partial charge in [-0.1, -0.05) is 28.9 Å². The van der Waals surface area contributed by atoms with Gasteiger partial charge in [-0.2, -0.15) is 0 Å². The molecule has 1 heterocycles. The number of rotatable bonds is 4. The summed E-state index contributed by atoms with van der Waals surface area (Å²) in [5, 5.41) is 5.31. The van der Waals surface area contributed by atoms with Crippen molar-refractivity contribution in [3.8, 4) is 0 Å². The van der Waals surface area contributed by atoms with Gasteiger partial charge in [-0.25, -0.2) is 0 Å². The van der Waals surface area contributed by atoms with E-state index < -0.39 is 11.8 Å². The maximum absolute atomic E-state index is 11.8. The van der Waals surface area contributed by atoms with Crippen LogP contribution in [0, 0.1) is 0 Å². The molecule has 1 saturated heterocycles. The number of anilines is 1. The number of benzene rings is 1. The standard InChI is InChI=1S/C15H20BrN3O2/c1-2-19-8-4-7-13(19)10-17-14(20)15(21)18-12-6-3-5-11(16)9-12/h3,5-6,9,13H,2,4,7-8,10H2,1H3,(H,17,20)(H,18,21)/t13-/m0/s1. The van der Waals surface area contributed by atoms with Crippen LogP contribution in [0.3, 0.4) is 0 Å². The summed E-state index contributed by atoms with van der Waals surface area (Å²) in [6, 6.07) is 7.49. The van der Waals surface area contributed by atoms with Crippen molar-refractivity contribution in [2.75, 3.05) is 25.0 Å². The number of carbonyl (C=O) groups is 2. The Hall–Kier alpha value is -1.40. The van der Waals surface area contributed by atoms with Gasteiger partial charge in [-0.05, 0) is 44.1 Å². The molecule has 2 amide bonds. The van der Waals surface area contributed by atoms with Crippen LogP contribution in [0.1, 0.15) is 19.8 Å². The molecule has 21 heavy (non-hydrogen) atoms. The summed E-state index contributed by atoms with van der Waals surface area (Å²) in [5.41, 5.74) is 0.598. The van der Waals surface area contributed by atoms with Gasteiger partial charge >= 0.3 is 11.8 Å². The highest BCUT2D eigenvalue weighted by atomic mass is 79.9. The average molecular weight is 354 g/mol. The fraction of sp³-hybridized carbons (Fsp3) is 0.467. The third-order valence-corrected chi connectivity index (χ3v) is 4.19. The predicted molar refractivity (Wildman–Crippen MR) is 86.1 cm³/mol. The van der Waals surface area contributed by atoms with Crippen LogP contribution < -0.4 is 10.6 Å². The van der Waals surface area contributed by atoms with Gasteiger partial charge in [0.1, 0.15) is 0 Å². The molecular weight excluding hydrogens is 334 g/mol. The molecule has 5 nitrogen and oxygen atoms in total. The van der Waals surface area contributed by atoms with E-state index in [4.69, 9.17) is 0 Å². The Morgan fingerprint density at radius 2 is 2.19 bits per heavy atom. The van der Waals surface area contributed by atoms with E-state index in [9.17, 15) is 9.59 Å². The van der Waals surface area contributed by atoms with Gasteiger partial charge in [0.25, 0.3) is 0 Å². The van der Waals surface area contributed by atoms with Crippen LogP contribution in [0.4, 0.5) is 5.69 Å². The quantitative estimate of drug-likeness (QED) is 0.813. The van der Waals surface area contributed by atoms with Crippen molar-refractivity contribution >= 4 is 33.4 Å². The fourth-order valence-electron chi connectivity index (χ4n) is 2.59. The molecule has 0 aromatic heterocycles. The summed E-state index contributed by atoms with van der Waals surface area (Å²) in [7, 11) is 0. The number of amides is 2. The summed E-state index contributed by atoms with van der Waals surface area (Å²) >= 11 is 3.32. The molecule has 1 atom stereocenters. The third-order valence-electron chi connectivity index (χ3n) is 3.69. The molecule has 0 saturated carbocycles. The van der Waals surface area contributed by atoms with Crippen molar-refractivity contribution < 1.29 is 9.59 Å². The van der Waals surface area contributed by atoms with E-state index in [1.807, 2.05) is 6.07 Å². The largest absolute Gasteiger partial charge is 0.346 e. The first-order valence-electron chi connectivity index (χ1n) is 7.19. The van der Waals surface area contributed by atoms with Crippen molar-refractivity contribution in [3.05, 3.63) is 28.7 Å². The number of hydrogen-bond acceptors (Lipinski definition) is 3. The zero-order valence-electron chi connectivity index (χ0n) is 12.1. The van der Waals surface area contributed by atoms with Gasteiger partial charge in [0, 0.05) is 22.7 Å². The average Bonchev–Trinajstić information content (AvgIpc) is 2.92. The van der Waals surface area contributed by atoms with Crippen LogP contribution in [-0.4, -0.2) is 42.4 Å². The minimum Gasteiger partial charge on any atom is -0.346 e. The van der Waals surface area contributed by atoms with Gasteiger partial charge in [0.2, 0.25) is 0 Å². The van der Waals surface area contributed by atoms with E-state index in [0.717, 1.165) is 30.4 Å². The highest BCUT2D eigenvalue weighted by Gasteiger charge is 2.24. The number of nitrogens with one attached hydrogen (secondary N) is 2. The normalized spacial score (nSPS) is 18.5. The maximum atomic E-state index is 11.8. The lowest BCUT2D eigenvalue weighted by Gasteiger charge is -2.22. The monoisotopic (exact) mass is 353 g/mol. The van der Waals surface area contributed by atoms with Crippen LogP contribution in [0.2, 0.25) is 0 Å². The molecule has 0 radical (unpaired) electrons. The van der Waals surface area contributed by atoms with E-state index in [2.05, 4.69) is 38.4 Å². The summed E-state index contributed by atoms with van der Waals surface area (Å²) in [6.07, 6.45) is 2.22. The van der Waals surface area contributed by atoms with Crippen LogP contribution in [0.25, 0.3) is 0 Å². The van der Waals surface area contributed by atoms with E-state index in [1.165, 1.54) is 0 Å². The first-order chi connectivity index (χ1) is 10.1. The molecule has 0 aliphatic carbocycles. The number of nitrogens with zero attached hydrogens (tertiary/aromatic N) is 1. The number of likely N-dealkylation sites (N-methyl/N-ethyl adjacent to an activating group) is 1. The Labute approximate surface area is 133 Å². The summed E-state index contributed by atoms with van der Waals surface area (Å²) in [5.74, 6) is -1.22. The molecule has 1 aliphatic rings. The van der Waals surface area contributed by atoms with E-state index in [0.29, 0.717) is 18.3 Å². The molecular formula is C15H20BrN3O2. The molecule has 6 heteroatoms. The highest BCUT2D eigenvalue weighted by molar-refractivity contribution is 9.10. The molecule has 0 bridgehead atoms. The topological polar surface area (TPSA) is 61.4 Å². The molecule has 2 rings (SSSR count). The maximum Gasteiger partial charge on any atom is 0.313 e. The second kappa shape index (κ2) is 7.56. The van der Waals surface area contributed by atoms with Crippen molar-refractivity contribution in [1.29, 1.82) is 0 Å². The van der Waals surface area contributed by atoms with Crippen molar-refractivity contribution in [2.45, 2.75) is 25.8 Å². The summed E-state index contributed by atoms with van der Waals surface area (Å²) in [6.45, 7) is 4.69. The molecule has 1 fully saturated rings. The van der Waals surface area contributed by atoms with E-state index in [1.54, 1.807) is 18.2 Å². The van der Waals surface area contributed by atoms with Crippen LogP contribution in [-0.2, 0) is 9.59 Å². The van der Waals surface area contributed by atoms with Crippen molar-refractivity contribution in [2.24, 2.45) is 0 Å². The smallest absolute Gasteiger partial charge is 0.313 e. The van der Waals surface area contributed by atoms with E-state index >= 15 is 0 Å². The molecule has 114 valence electrons. The molecule has 1 aromatic rings. The van der Waals surface area contributed by atoms with Crippen LogP contribution >= 0.6 is 15.9 Å². The molecule has 0 unspecified atom stereocenters. The lowest BCUT2D eigenvalue weighted by atomic mass is 10.2. The van der Waals surface area contributed by atoms with Crippen molar-refractivity contribution in [1.82, 2.24) is 10.2 Å². The summed E-state index contributed by atoms with van der Waals surface area (Å²) in [4.78, 5) is 26.0. The molecule has 1 aromatic carbocycles. The zero-order chi connectivity index (χ0) is 15.2. The highest BCUT2D eigenvalue weighted by Crippen LogP contribution is 2.16. The predicted octanol–water partition coefficient (Wildman–Crippen LogP) is 1.99. The first-order valence-corrected chi connectivity index (χ1v) is 7.98. The Morgan fingerprint density at radius 1 is 1.38 bits per heavy atom. The second-order valence-electron chi connectivity index (χ2n) is 5.10. The van der Waals surface area contributed by atoms with Crippen LogP contribution in [0.15, 0.2) is 28.7 Å². The van der Waals surface area contributed by atoms with Gasteiger partial charge in [0.15, 0.2) is 0 Å². The van der Waals surface area contributed by atoms with E-state index in [-0.39, 0.29) is 0 Å². The minimum atomic E-state index is -0.630. The number of carbonyl (C=O) groups excluding carboxylic acids is 2. The van der Waals surface area contributed by atoms with Gasteiger partial charge in [-0.15, -0.1) is 0 Å². The Bertz CT molecular complexity index is 521. The lowest BCUT2D eigenvalue weighted by Crippen LogP contribution is -2.43. The first kappa shape index (κ1) is 16.0. The molecule has 2 N–H and O–H groups in total. The second-order valence-corrected chi connectivity index (χ2v) is 6.01. The third kappa shape index (κ3) is 4.54. The van der Waals surface area contributed by atoms with Crippen LogP contribution in [0.5, 0.6) is 0 Å².